The molecular formula is C19H15N3O3S2. The molecule has 0 saturated carbocycles. The van der Waals surface area contributed by atoms with Crippen LogP contribution in [0.4, 0.5) is 0 Å². The van der Waals surface area contributed by atoms with E-state index in [9.17, 15) is 9.59 Å². The van der Waals surface area contributed by atoms with E-state index in [4.69, 9.17) is 4.74 Å². The highest BCUT2D eigenvalue weighted by atomic mass is 32.1. The summed E-state index contributed by atoms with van der Waals surface area (Å²) in [5, 5.41) is 4.29. The maximum Gasteiger partial charge on any atom is 0.358 e. The Kier molecular flexibility index (Phi) is 4.59. The van der Waals surface area contributed by atoms with Gasteiger partial charge < -0.3 is 4.74 Å². The number of hydrogen-bond acceptors (Lipinski definition) is 7. The molecule has 0 unspecified atom stereocenters. The van der Waals surface area contributed by atoms with E-state index < -0.39 is 5.97 Å². The molecule has 0 spiro atoms. The lowest BCUT2D eigenvalue weighted by Gasteiger charge is -2.03. The topological polar surface area (TPSA) is 73.6 Å². The number of fused-ring (bicyclic) bond motifs is 1. The maximum absolute atomic E-state index is 12.3. The Morgan fingerprint density at radius 1 is 1.11 bits per heavy atom. The highest BCUT2D eigenvalue weighted by molar-refractivity contribution is 7.15. The first-order valence-corrected chi connectivity index (χ1v) is 9.93. The zero-order valence-corrected chi connectivity index (χ0v) is 16.3. The molecule has 0 saturated heterocycles. The van der Waals surface area contributed by atoms with Crippen molar-refractivity contribution in [2.75, 3.05) is 0 Å². The Morgan fingerprint density at radius 2 is 1.89 bits per heavy atom. The minimum absolute atomic E-state index is 0.0705. The van der Waals surface area contributed by atoms with Crippen molar-refractivity contribution in [1.29, 1.82) is 0 Å². The average Bonchev–Trinajstić information content (AvgIpc) is 3.28. The number of nitrogens with zero attached hydrogens (tertiary/aromatic N) is 3. The second-order valence-electron chi connectivity index (χ2n) is 6.06. The molecule has 136 valence electrons. The summed E-state index contributed by atoms with van der Waals surface area (Å²) in [5.74, 6) is -0.533. The van der Waals surface area contributed by atoms with E-state index in [0.29, 0.717) is 10.7 Å². The molecule has 0 bridgehead atoms. The third-order valence-electron chi connectivity index (χ3n) is 3.99. The Hall–Kier alpha value is -2.84. The molecule has 4 aromatic rings. The van der Waals surface area contributed by atoms with Crippen molar-refractivity contribution in [2.24, 2.45) is 0 Å². The Morgan fingerprint density at radius 3 is 2.67 bits per heavy atom. The van der Waals surface area contributed by atoms with Gasteiger partial charge in [0, 0.05) is 28.1 Å². The number of rotatable bonds is 4. The molecule has 0 N–H and O–H groups in total. The summed E-state index contributed by atoms with van der Waals surface area (Å²) in [6, 6.07) is 9.33. The van der Waals surface area contributed by atoms with Gasteiger partial charge in [0.1, 0.15) is 11.6 Å². The molecule has 3 heterocycles. The molecule has 8 heteroatoms. The van der Waals surface area contributed by atoms with Crippen LogP contribution in [-0.2, 0) is 11.3 Å². The predicted molar refractivity (Wildman–Crippen MR) is 105 cm³/mol. The number of hydrogen-bond donors (Lipinski definition) is 0. The van der Waals surface area contributed by atoms with Crippen LogP contribution in [0.2, 0.25) is 0 Å². The fraction of sp³-hybridized carbons (Fsp3) is 0.158. The largest absolute Gasteiger partial charge is 0.454 e. The van der Waals surface area contributed by atoms with E-state index in [1.165, 1.54) is 33.1 Å². The summed E-state index contributed by atoms with van der Waals surface area (Å²) < 4.78 is 6.82. The molecule has 3 aromatic heterocycles. The highest BCUT2D eigenvalue weighted by Crippen LogP contribution is 2.24. The van der Waals surface area contributed by atoms with Crippen LogP contribution in [0.5, 0.6) is 0 Å². The second-order valence-corrected chi connectivity index (χ2v) is 7.76. The first kappa shape index (κ1) is 17.6. The van der Waals surface area contributed by atoms with Gasteiger partial charge in [0.05, 0.1) is 5.69 Å². The third kappa shape index (κ3) is 3.54. The van der Waals surface area contributed by atoms with E-state index in [1.807, 2.05) is 43.5 Å². The Bertz CT molecular complexity index is 1190. The van der Waals surface area contributed by atoms with E-state index in [2.05, 4.69) is 9.97 Å². The van der Waals surface area contributed by atoms with Crippen molar-refractivity contribution < 1.29 is 9.53 Å². The van der Waals surface area contributed by atoms with Crippen LogP contribution in [0, 0.1) is 13.8 Å². The van der Waals surface area contributed by atoms with Crippen molar-refractivity contribution in [2.45, 2.75) is 20.5 Å². The highest BCUT2D eigenvalue weighted by Gasteiger charge is 2.14. The van der Waals surface area contributed by atoms with Gasteiger partial charge in [-0.25, -0.2) is 14.8 Å². The average molecular weight is 397 g/mol. The summed E-state index contributed by atoms with van der Waals surface area (Å²) in [7, 11) is 0. The lowest BCUT2D eigenvalue weighted by atomic mass is 10.2. The van der Waals surface area contributed by atoms with Gasteiger partial charge >= 0.3 is 5.97 Å². The smallest absolute Gasteiger partial charge is 0.358 e. The second kappa shape index (κ2) is 7.05. The lowest BCUT2D eigenvalue weighted by molar-refractivity contribution is 0.0462. The van der Waals surface area contributed by atoms with E-state index >= 15 is 0 Å². The first-order valence-electron chi connectivity index (χ1n) is 8.18. The van der Waals surface area contributed by atoms with Crippen molar-refractivity contribution in [3.05, 3.63) is 74.1 Å². The van der Waals surface area contributed by atoms with E-state index in [1.54, 1.807) is 5.38 Å². The molecule has 0 radical (unpaired) electrons. The van der Waals surface area contributed by atoms with Crippen LogP contribution in [0.15, 0.2) is 45.9 Å². The summed E-state index contributed by atoms with van der Waals surface area (Å²) in [4.78, 5) is 33.7. The van der Waals surface area contributed by atoms with Gasteiger partial charge in [-0.1, -0.05) is 29.8 Å². The Balaban J connectivity index is 1.48. The van der Waals surface area contributed by atoms with Crippen molar-refractivity contribution >= 4 is 33.6 Å². The van der Waals surface area contributed by atoms with E-state index in [-0.39, 0.29) is 17.9 Å². The van der Waals surface area contributed by atoms with Gasteiger partial charge in [-0.3, -0.25) is 9.20 Å². The predicted octanol–water partition coefficient (Wildman–Crippen LogP) is 3.85. The number of ether oxygens (including phenoxy) is 1. The minimum Gasteiger partial charge on any atom is -0.454 e. The SMILES string of the molecule is Cc1ccc(-c2nc(C(=O)OCc3cc(=O)n4c(C)csc4n3)cs2)cc1. The zero-order valence-electron chi connectivity index (χ0n) is 14.6. The van der Waals surface area contributed by atoms with Crippen LogP contribution in [0.1, 0.15) is 27.4 Å². The van der Waals surface area contributed by atoms with Crippen LogP contribution >= 0.6 is 22.7 Å². The van der Waals surface area contributed by atoms with E-state index in [0.717, 1.165) is 21.8 Å². The van der Waals surface area contributed by atoms with Gasteiger partial charge in [-0.2, -0.15) is 0 Å². The monoisotopic (exact) mass is 397 g/mol. The van der Waals surface area contributed by atoms with Crippen molar-refractivity contribution in [1.82, 2.24) is 14.4 Å². The molecule has 6 nitrogen and oxygen atoms in total. The number of aromatic nitrogens is 3. The normalized spacial score (nSPS) is 11.0. The van der Waals surface area contributed by atoms with Crippen molar-refractivity contribution in [3.63, 3.8) is 0 Å². The van der Waals surface area contributed by atoms with Crippen LogP contribution in [0.25, 0.3) is 15.5 Å². The summed E-state index contributed by atoms with van der Waals surface area (Å²) in [5.41, 5.74) is 3.45. The minimum atomic E-state index is -0.533. The van der Waals surface area contributed by atoms with Gasteiger partial charge in [-0.05, 0) is 13.8 Å². The molecular weight excluding hydrogens is 382 g/mol. The molecule has 4 rings (SSSR count). The van der Waals surface area contributed by atoms with Crippen LogP contribution < -0.4 is 5.56 Å². The quantitative estimate of drug-likeness (QED) is 0.489. The number of carbonyl (C=O) groups excluding carboxylic acids is 1. The third-order valence-corrected chi connectivity index (χ3v) is 5.83. The number of benzene rings is 1. The van der Waals surface area contributed by atoms with Gasteiger partial charge in [0.25, 0.3) is 5.56 Å². The number of aryl methyl sites for hydroxylation is 2. The van der Waals surface area contributed by atoms with Crippen molar-refractivity contribution in [3.8, 4) is 10.6 Å². The Labute approximate surface area is 162 Å². The van der Waals surface area contributed by atoms with Gasteiger partial charge in [0.15, 0.2) is 10.7 Å². The summed E-state index contributed by atoms with van der Waals surface area (Å²) >= 11 is 2.76. The van der Waals surface area contributed by atoms with Crippen LogP contribution in [-0.4, -0.2) is 20.3 Å². The number of carbonyl (C=O) groups is 1. The zero-order chi connectivity index (χ0) is 19.0. The van der Waals surface area contributed by atoms with Gasteiger partial charge in [-0.15, -0.1) is 22.7 Å². The standard InChI is InChI=1S/C19H15N3O3S2/c1-11-3-5-13(6-4-11)17-21-15(10-26-17)18(24)25-8-14-7-16(23)22-12(2)9-27-19(22)20-14/h3-7,9-10H,8H2,1-2H3. The lowest BCUT2D eigenvalue weighted by Crippen LogP contribution is -2.16. The molecule has 0 fully saturated rings. The summed E-state index contributed by atoms with van der Waals surface area (Å²) in [6.45, 7) is 3.79. The number of thiazole rings is 2. The fourth-order valence-corrected chi connectivity index (χ4v) is 4.27. The molecule has 0 amide bonds. The molecule has 0 aliphatic carbocycles. The molecule has 0 aliphatic rings. The molecule has 27 heavy (non-hydrogen) atoms. The van der Waals surface area contributed by atoms with Crippen LogP contribution in [0.3, 0.4) is 0 Å². The number of esters is 1. The molecule has 0 atom stereocenters. The first-order chi connectivity index (χ1) is 13.0. The summed E-state index contributed by atoms with van der Waals surface area (Å²) in [6.07, 6.45) is 0. The fourth-order valence-electron chi connectivity index (χ4n) is 2.58. The molecule has 0 aliphatic heterocycles. The molecule has 1 aromatic carbocycles. The maximum atomic E-state index is 12.3. The van der Waals surface area contributed by atoms with Gasteiger partial charge in [0.2, 0.25) is 0 Å².